The van der Waals surface area contributed by atoms with Crippen molar-refractivity contribution in [3.05, 3.63) is 35.7 Å². The van der Waals surface area contributed by atoms with Gasteiger partial charge in [-0.1, -0.05) is 19.0 Å². The van der Waals surface area contributed by atoms with E-state index in [1.165, 1.54) is 7.11 Å². The third-order valence-electron chi connectivity index (χ3n) is 3.64. The Hall–Kier alpha value is -2.50. The lowest BCUT2D eigenvalue weighted by Gasteiger charge is -2.07. The number of nitrogens with two attached hydrogens (primary N) is 1. The Balaban J connectivity index is 2.11. The van der Waals surface area contributed by atoms with Crippen molar-refractivity contribution in [2.24, 2.45) is 0 Å². The van der Waals surface area contributed by atoms with Gasteiger partial charge in [-0.3, -0.25) is 4.79 Å². The van der Waals surface area contributed by atoms with Crippen molar-refractivity contribution >= 4 is 17.3 Å². The summed E-state index contributed by atoms with van der Waals surface area (Å²) in [6, 6.07) is 6.74. The van der Waals surface area contributed by atoms with Gasteiger partial charge in [-0.15, -0.1) is 0 Å². The van der Waals surface area contributed by atoms with Crippen LogP contribution in [0.1, 0.15) is 48.9 Å². The number of anilines is 2. The molecule has 1 amide bonds. The van der Waals surface area contributed by atoms with Gasteiger partial charge in [0, 0.05) is 17.7 Å². The maximum Gasteiger partial charge on any atom is 0.294 e. The Morgan fingerprint density at radius 2 is 2.09 bits per heavy atom. The van der Waals surface area contributed by atoms with Crippen LogP contribution in [0.2, 0.25) is 0 Å². The summed E-state index contributed by atoms with van der Waals surface area (Å²) in [7, 11) is 1.54. The fraction of sp³-hybridized carbons (Fsp3) is 0.375. The molecule has 0 saturated carbocycles. The number of methoxy groups -OCH3 is 1. The molecule has 0 aliphatic rings. The molecule has 0 aliphatic heterocycles. The van der Waals surface area contributed by atoms with E-state index in [4.69, 9.17) is 15.0 Å². The summed E-state index contributed by atoms with van der Waals surface area (Å²) in [5, 5.41) is 6.72. The molecule has 0 saturated heterocycles. The number of hydrogen-bond donors (Lipinski definition) is 2. The van der Waals surface area contributed by atoms with Crippen molar-refractivity contribution in [3.63, 3.8) is 0 Å². The average molecular weight is 303 g/mol. The Labute approximate surface area is 129 Å². The summed E-state index contributed by atoms with van der Waals surface area (Å²) < 4.78 is 10.2. The van der Waals surface area contributed by atoms with Crippen molar-refractivity contribution < 1.29 is 14.1 Å². The maximum absolute atomic E-state index is 12.2. The van der Waals surface area contributed by atoms with E-state index < -0.39 is 0 Å². The molecule has 2 aromatic rings. The van der Waals surface area contributed by atoms with Crippen LogP contribution in [0.3, 0.4) is 0 Å². The molecular formula is C16H21N3O3. The highest BCUT2D eigenvalue weighted by atomic mass is 16.5. The summed E-state index contributed by atoms with van der Waals surface area (Å²) in [4.78, 5) is 12.2. The molecule has 1 aromatic carbocycles. The van der Waals surface area contributed by atoms with Crippen LogP contribution in [-0.4, -0.2) is 18.2 Å². The average Bonchev–Trinajstić information content (AvgIpc) is 2.99. The number of amides is 1. The van der Waals surface area contributed by atoms with Gasteiger partial charge in [0.1, 0.15) is 5.75 Å². The smallest absolute Gasteiger partial charge is 0.294 e. The van der Waals surface area contributed by atoms with Crippen LogP contribution in [-0.2, 0) is 0 Å². The number of nitrogen functional groups attached to an aromatic ring is 1. The number of carbonyl (C=O) groups is 1. The van der Waals surface area contributed by atoms with Crippen LogP contribution in [0, 0.1) is 0 Å². The number of benzene rings is 1. The van der Waals surface area contributed by atoms with E-state index in [1.54, 1.807) is 24.3 Å². The Morgan fingerprint density at radius 1 is 1.36 bits per heavy atom. The van der Waals surface area contributed by atoms with Crippen LogP contribution >= 0.6 is 0 Å². The fourth-order valence-electron chi connectivity index (χ4n) is 2.30. The van der Waals surface area contributed by atoms with Crippen molar-refractivity contribution in [1.82, 2.24) is 5.16 Å². The van der Waals surface area contributed by atoms with Gasteiger partial charge in [0.05, 0.1) is 18.5 Å². The second-order valence-corrected chi connectivity index (χ2v) is 5.04. The lowest BCUT2D eigenvalue weighted by atomic mass is 9.99. The molecule has 0 unspecified atom stereocenters. The minimum Gasteiger partial charge on any atom is -0.495 e. The largest absolute Gasteiger partial charge is 0.495 e. The third-order valence-corrected chi connectivity index (χ3v) is 3.64. The van der Waals surface area contributed by atoms with Crippen LogP contribution in [0.4, 0.5) is 11.4 Å². The lowest BCUT2D eigenvalue weighted by Crippen LogP contribution is -2.11. The highest BCUT2D eigenvalue weighted by Gasteiger charge is 2.17. The maximum atomic E-state index is 12.2. The normalized spacial score (nSPS) is 10.7. The standard InChI is InChI=1S/C16H21N3O3/c1-4-10(5-2)13-9-15(22-19-13)16(20)18-11-6-7-14(21-3)12(17)8-11/h6-10H,4-5,17H2,1-3H3,(H,18,20). The minimum atomic E-state index is -0.353. The van der Waals surface area contributed by atoms with Crippen molar-refractivity contribution in [2.75, 3.05) is 18.2 Å². The molecule has 2 rings (SSSR count). The highest BCUT2D eigenvalue weighted by Crippen LogP contribution is 2.26. The summed E-state index contributed by atoms with van der Waals surface area (Å²) in [6.45, 7) is 4.17. The molecule has 6 nitrogen and oxygen atoms in total. The van der Waals surface area contributed by atoms with E-state index in [0.717, 1.165) is 18.5 Å². The zero-order chi connectivity index (χ0) is 16.1. The fourth-order valence-corrected chi connectivity index (χ4v) is 2.30. The van der Waals surface area contributed by atoms with E-state index in [2.05, 4.69) is 24.3 Å². The minimum absolute atomic E-state index is 0.191. The summed E-state index contributed by atoms with van der Waals surface area (Å²) in [5.74, 6) is 0.709. The van der Waals surface area contributed by atoms with Crippen LogP contribution in [0.5, 0.6) is 5.75 Å². The second kappa shape index (κ2) is 6.98. The molecule has 3 N–H and O–H groups in total. The molecule has 0 atom stereocenters. The van der Waals surface area contributed by atoms with E-state index in [0.29, 0.717) is 23.0 Å². The predicted octanol–water partition coefficient (Wildman–Crippen LogP) is 3.42. The summed E-state index contributed by atoms with van der Waals surface area (Å²) in [6.07, 6.45) is 1.91. The zero-order valence-electron chi connectivity index (χ0n) is 13.1. The van der Waals surface area contributed by atoms with E-state index in [1.807, 2.05) is 0 Å². The highest BCUT2D eigenvalue weighted by molar-refractivity contribution is 6.02. The molecule has 118 valence electrons. The molecule has 0 spiro atoms. The first-order valence-corrected chi connectivity index (χ1v) is 7.30. The number of hydrogen-bond acceptors (Lipinski definition) is 5. The van der Waals surface area contributed by atoms with E-state index in [-0.39, 0.29) is 11.7 Å². The van der Waals surface area contributed by atoms with E-state index in [9.17, 15) is 4.79 Å². The molecule has 0 radical (unpaired) electrons. The first-order chi connectivity index (χ1) is 10.6. The van der Waals surface area contributed by atoms with Gasteiger partial charge in [0.2, 0.25) is 5.76 Å². The molecule has 0 aliphatic carbocycles. The zero-order valence-corrected chi connectivity index (χ0v) is 13.1. The topological polar surface area (TPSA) is 90.4 Å². The van der Waals surface area contributed by atoms with Crippen LogP contribution in [0.25, 0.3) is 0 Å². The Morgan fingerprint density at radius 3 is 2.68 bits per heavy atom. The lowest BCUT2D eigenvalue weighted by molar-refractivity contribution is 0.0988. The Bertz CT molecular complexity index is 648. The number of carbonyl (C=O) groups excluding carboxylic acids is 1. The van der Waals surface area contributed by atoms with Crippen molar-refractivity contribution in [3.8, 4) is 5.75 Å². The SMILES string of the molecule is CCC(CC)c1cc(C(=O)Nc2ccc(OC)c(N)c2)on1. The molecule has 6 heteroatoms. The number of aromatic nitrogens is 1. The first kappa shape index (κ1) is 15.9. The molecule has 1 heterocycles. The van der Waals surface area contributed by atoms with Gasteiger partial charge in [-0.2, -0.15) is 0 Å². The number of ether oxygens (including phenoxy) is 1. The molecule has 22 heavy (non-hydrogen) atoms. The molecule has 0 bridgehead atoms. The predicted molar refractivity (Wildman–Crippen MR) is 85.2 cm³/mol. The van der Waals surface area contributed by atoms with Gasteiger partial charge in [-0.05, 0) is 31.0 Å². The van der Waals surface area contributed by atoms with Gasteiger partial charge in [0.15, 0.2) is 0 Å². The van der Waals surface area contributed by atoms with Gasteiger partial charge in [-0.25, -0.2) is 0 Å². The molecule has 0 fully saturated rings. The molecular weight excluding hydrogens is 282 g/mol. The second-order valence-electron chi connectivity index (χ2n) is 5.04. The number of rotatable bonds is 6. The quantitative estimate of drug-likeness (QED) is 0.798. The van der Waals surface area contributed by atoms with Gasteiger partial charge in [0.25, 0.3) is 5.91 Å². The first-order valence-electron chi connectivity index (χ1n) is 7.30. The summed E-state index contributed by atoms with van der Waals surface area (Å²) in [5.41, 5.74) is 7.65. The molecule has 1 aromatic heterocycles. The Kier molecular flexibility index (Phi) is 5.04. The number of nitrogens with one attached hydrogen (secondary N) is 1. The van der Waals surface area contributed by atoms with Crippen LogP contribution in [0.15, 0.2) is 28.8 Å². The summed E-state index contributed by atoms with van der Waals surface area (Å²) >= 11 is 0. The van der Waals surface area contributed by atoms with Crippen LogP contribution < -0.4 is 15.8 Å². The van der Waals surface area contributed by atoms with Crippen molar-refractivity contribution in [2.45, 2.75) is 32.6 Å². The van der Waals surface area contributed by atoms with Gasteiger partial charge >= 0.3 is 0 Å². The third kappa shape index (κ3) is 3.39. The number of nitrogens with zero attached hydrogens (tertiary/aromatic N) is 1. The monoisotopic (exact) mass is 303 g/mol. The van der Waals surface area contributed by atoms with Gasteiger partial charge < -0.3 is 20.3 Å². The van der Waals surface area contributed by atoms with Crippen molar-refractivity contribution in [1.29, 1.82) is 0 Å². The van der Waals surface area contributed by atoms with E-state index >= 15 is 0 Å².